The maximum absolute atomic E-state index is 11.3. The van der Waals surface area contributed by atoms with E-state index in [1.54, 1.807) is 12.1 Å². The summed E-state index contributed by atoms with van der Waals surface area (Å²) < 4.78 is 5.90. The quantitative estimate of drug-likeness (QED) is 0.699. The molecule has 1 aliphatic rings. The molecule has 0 unspecified atom stereocenters. The molecule has 0 spiro atoms. The van der Waals surface area contributed by atoms with Crippen LogP contribution in [0.25, 0.3) is 0 Å². The number of nitrogens with one attached hydrogen (secondary N) is 1. The number of aliphatic hydroxyl groups is 1. The maximum atomic E-state index is 11.3. The van der Waals surface area contributed by atoms with Gasteiger partial charge in [0.1, 0.15) is 0 Å². The fourth-order valence-corrected chi connectivity index (χ4v) is 2.97. The predicted octanol–water partition coefficient (Wildman–Crippen LogP) is 2.24. The lowest BCUT2D eigenvalue weighted by atomic mass is 9.95. The number of hydrogen-bond donors (Lipinski definition) is 3. The van der Waals surface area contributed by atoms with Gasteiger partial charge in [0.05, 0.1) is 29.4 Å². The molecular weight excluding hydrogens is 343 g/mol. The molecule has 0 aromatic heterocycles. The van der Waals surface area contributed by atoms with Crippen LogP contribution in [-0.2, 0) is 4.74 Å². The molecule has 2 atom stereocenters. The molecule has 1 heterocycles. The highest BCUT2D eigenvalue weighted by molar-refractivity contribution is 6.42. The Bertz CT molecular complexity index is 544. The van der Waals surface area contributed by atoms with Crippen molar-refractivity contribution in [2.75, 3.05) is 39.4 Å². The van der Waals surface area contributed by atoms with Crippen molar-refractivity contribution in [1.82, 2.24) is 10.2 Å². The van der Waals surface area contributed by atoms with Gasteiger partial charge in [0.2, 0.25) is 0 Å². The standard InChI is InChI=1S/C15H20Cl2N2O4/c16-12-2-1-10(7-13(12)17)14-11(8-18-3-5-20)9-19(15(21)22)4-6-23-14/h1-2,7,11,14,18,20H,3-6,8-9H2,(H,21,22)/t11-,14+/m1/s1. The number of rotatable bonds is 5. The van der Waals surface area contributed by atoms with E-state index in [-0.39, 0.29) is 18.6 Å². The number of amides is 1. The molecule has 6 nitrogen and oxygen atoms in total. The number of benzene rings is 1. The molecular formula is C15H20Cl2N2O4. The molecule has 128 valence electrons. The maximum Gasteiger partial charge on any atom is 0.407 e. The number of carbonyl (C=O) groups is 1. The lowest BCUT2D eigenvalue weighted by Crippen LogP contribution is -2.39. The van der Waals surface area contributed by atoms with Crippen molar-refractivity contribution in [1.29, 1.82) is 0 Å². The van der Waals surface area contributed by atoms with Gasteiger partial charge in [0.15, 0.2) is 0 Å². The van der Waals surface area contributed by atoms with Crippen LogP contribution in [-0.4, -0.2) is 60.6 Å². The van der Waals surface area contributed by atoms with Crippen LogP contribution in [0.4, 0.5) is 4.79 Å². The summed E-state index contributed by atoms with van der Waals surface area (Å²) in [6, 6.07) is 5.30. The Morgan fingerprint density at radius 3 is 2.83 bits per heavy atom. The summed E-state index contributed by atoms with van der Waals surface area (Å²) in [6.07, 6.45) is -1.25. The highest BCUT2D eigenvalue weighted by atomic mass is 35.5. The number of carboxylic acid groups (broad SMARTS) is 1. The number of halogens is 2. The van der Waals surface area contributed by atoms with Crippen molar-refractivity contribution in [3.8, 4) is 0 Å². The minimum absolute atomic E-state index is 0.0215. The second-order valence-electron chi connectivity index (χ2n) is 5.38. The molecule has 1 aromatic carbocycles. The summed E-state index contributed by atoms with van der Waals surface area (Å²) >= 11 is 12.0. The van der Waals surface area contributed by atoms with E-state index in [0.717, 1.165) is 5.56 Å². The first-order chi connectivity index (χ1) is 11.0. The summed E-state index contributed by atoms with van der Waals surface area (Å²) in [4.78, 5) is 12.6. The van der Waals surface area contributed by atoms with Gasteiger partial charge in [-0.15, -0.1) is 0 Å². The van der Waals surface area contributed by atoms with Crippen LogP contribution in [0.3, 0.4) is 0 Å². The molecule has 1 aliphatic heterocycles. The molecule has 1 saturated heterocycles. The molecule has 2 rings (SSSR count). The number of nitrogens with zero attached hydrogens (tertiary/aromatic N) is 1. The fraction of sp³-hybridized carbons (Fsp3) is 0.533. The van der Waals surface area contributed by atoms with Crippen LogP contribution >= 0.6 is 23.2 Å². The third kappa shape index (κ3) is 4.96. The zero-order chi connectivity index (χ0) is 16.8. The summed E-state index contributed by atoms with van der Waals surface area (Å²) in [5.41, 5.74) is 0.863. The lowest BCUT2D eigenvalue weighted by molar-refractivity contribution is 0.0304. The van der Waals surface area contributed by atoms with Gasteiger partial charge < -0.3 is 25.2 Å². The first-order valence-corrected chi connectivity index (χ1v) is 8.14. The van der Waals surface area contributed by atoms with Gasteiger partial charge in [0, 0.05) is 32.1 Å². The van der Waals surface area contributed by atoms with Crippen molar-refractivity contribution in [3.05, 3.63) is 33.8 Å². The number of aliphatic hydroxyl groups excluding tert-OH is 1. The molecule has 23 heavy (non-hydrogen) atoms. The fourth-order valence-electron chi connectivity index (χ4n) is 2.67. The Kier molecular flexibility index (Phi) is 6.92. The smallest absolute Gasteiger partial charge is 0.407 e. The molecule has 1 fully saturated rings. The minimum Gasteiger partial charge on any atom is -0.465 e. The Morgan fingerprint density at radius 2 is 2.17 bits per heavy atom. The Hall–Kier alpha value is -1.05. The molecule has 0 bridgehead atoms. The van der Waals surface area contributed by atoms with Crippen molar-refractivity contribution in [2.45, 2.75) is 6.10 Å². The van der Waals surface area contributed by atoms with Crippen LogP contribution in [0, 0.1) is 5.92 Å². The topological polar surface area (TPSA) is 82.0 Å². The van der Waals surface area contributed by atoms with Gasteiger partial charge >= 0.3 is 6.09 Å². The van der Waals surface area contributed by atoms with E-state index in [1.807, 2.05) is 6.07 Å². The molecule has 3 N–H and O–H groups in total. The van der Waals surface area contributed by atoms with E-state index in [0.29, 0.717) is 42.8 Å². The SMILES string of the molecule is O=C(O)N1CCO[C@@H](c2ccc(Cl)c(Cl)c2)[C@H](CNCCO)C1. The highest BCUT2D eigenvalue weighted by Crippen LogP contribution is 2.33. The zero-order valence-electron chi connectivity index (χ0n) is 12.5. The van der Waals surface area contributed by atoms with Gasteiger partial charge in [-0.25, -0.2) is 4.79 Å². The normalized spacial score (nSPS) is 22.0. The van der Waals surface area contributed by atoms with E-state index in [2.05, 4.69) is 5.32 Å². The summed E-state index contributed by atoms with van der Waals surface area (Å²) in [5, 5.41) is 22.2. The van der Waals surface area contributed by atoms with E-state index in [4.69, 9.17) is 33.0 Å². The summed E-state index contributed by atoms with van der Waals surface area (Å²) in [7, 11) is 0. The molecule has 1 amide bonds. The van der Waals surface area contributed by atoms with Crippen molar-refractivity contribution in [3.63, 3.8) is 0 Å². The molecule has 0 saturated carbocycles. The van der Waals surface area contributed by atoms with Crippen molar-refractivity contribution in [2.24, 2.45) is 5.92 Å². The van der Waals surface area contributed by atoms with Gasteiger partial charge in [-0.05, 0) is 17.7 Å². The summed E-state index contributed by atoms with van der Waals surface area (Å²) in [6.45, 7) is 1.97. The second kappa shape index (κ2) is 8.70. The van der Waals surface area contributed by atoms with E-state index in [1.165, 1.54) is 4.90 Å². The molecule has 1 aromatic rings. The van der Waals surface area contributed by atoms with E-state index < -0.39 is 6.09 Å². The monoisotopic (exact) mass is 362 g/mol. The van der Waals surface area contributed by atoms with Crippen LogP contribution in [0.5, 0.6) is 0 Å². The predicted molar refractivity (Wildman–Crippen MR) is 88.2 cm³/mol. The minimum atomic E-state index is -0.962. The zero-order valence-corrected chi connectivity index (χ0v) is 14.1. The number of hydrogen-bond acceptors (Lipinski definition) is 4. The van der Waals surface area contributed by atoms with Gasteiger partial charge in [-0.3, -0.25) is 0 Å². The first kappa shape index (κ1) is 18.3. The van der Waals surface area contributed by atoms with Gasteiger partial charge in [0.25, 0.3) is 0 Å². The van der Waals surface area contributed by atoms with Gasteiger partial charge in [-0.2, -0.15) is 0 Å². The third-order valence-electron chi connectivity index (χ3n) is 3.78. The Balaban J connectivity index is 2.21. The average Bonchev–Trinajstić information content (AvgIpc) is 2.73. The van der Waals surface area contributed by atoms with Crippen molar-refractivity contribution >= 4 is 29.3 Å². The third-order valence-corrected chi connectivity index (χ3v) is 4.52. The average molecular weight is 363 g/mol. The summed E-state index contributed by atoms with van der Waals surface area (Å²) in [5.74, 6) is -0.0996. The molecule has 8 heteroatoms. The van der Waals surface area contributed by atoms with Crippen LogP contribution < -0.4 is 5.32 Å². The van der Waals surface area contributed by atoms with Crippen LogP contribution in [0.15, 0.2) is 18.2 Å². The number of ether oxygens (including phenoxy) is 1. The Morgan fingerprint density at radius 1 is 1.39 bits per heavy atom. The van der Waals surface area contributed by atoms with Crippen LogP contribution in [0.1, 0.15) is 11.7 Å². The molecule has 0 aliphatic carbocycles. The first-order valence-electron chi connectivity index (χ1n) is 7.39. The Labute approximate surface area is 144 Å². The van der Waals surface area contributed by atoms with E-state index >= 15 is 0 Å². The lowest BCUT2D eigenvalue weighted by Gasteiger charge is -2.27. The van der Waals surface area contributed by atoms with Gasteiger partial charge in [-0.1, -0.05) is 29.3 Å². The molecule has 0 radical (unpaired) electrons. The highest BCUT2D eigenvalue weighted by Gasteiger charge is 2.31. The van der Waals surface area contributed by atoms with Crippen molar-refractivity contribution < 1.29 is 19.7 Å². The van der Waals surface area contributed by atoms with E-state index in [9.17, 15) is 9.90 Å². The second-order valence-corrected chi connectivity index (χ2v) is 6.20. The van der Waals surface area contributed by atoms with Crippen LogP contribution in [0.2, 0.25) is 10.0 Å². The largest absolute Gasteiger partial charge is 0.465 e.